The van der Waals surface area contributed by atoms with Crippen molar-refractivity contribution in [3.63, 3.8) is 0 Å². The molecule has 0 radical (unpaired) electrons. The summed E-state index contributed by atoms with van der Waals surface area (Å²) in [6, 6.07) is 58.7. The minimum absolute atomic E-state index is 0.825. The first kappa shape index (κ1) is 27.6. The number of para-hydroxylation sites is 3. The van der Waals surface area contributed by atoms with E-state index in [1.807, 2.05) is 23.5 Å². The molecular weight excluding hydrogens is 627 g/mol. The van der Waals surface area contributed by atoms with Crippen LogP contribution in [0.1, 0.15) is 0 Å². The maximum absolute atomic E-state index is 5.52. The standard InChI is InChI=1S/C46H27N3S/c1-2-14-28(15-3-1)42-46(48-39-26-10-9-25-38(39)47-42)49-43-34(36-23-13-22-35-31-18-8-11-27-40(31)50-45(35)36)21-12-24-37(43)41-32-19-6-4-16-29(32)30-17-5-7-20-33(30)44(41)49/h1-27H. The van der Waals surface area contributed by atoms with Crippen LogP contribution in [0.5, 0.6) is 0 Å². The van der Waals surface area contributed by atoms with E-state index in [1.165, 1.54) is 63.6 Å². The van der Waals surface area contributed by atoms with Crippen LogP contribution in [-0.4, -0.2) is 14.5 Å². The predicted molar refractivity (Wildman–Crippen MR) is 213 cm³/mol. The average molecular weight is 654 g/mol. The molecule has 3 heterocycles. The number of hydrogen-bond acceptors (Lipinski definition) is 3. The van der Waals surface area contributed by atoms with E-state index in [0.29, 0.717) is 0 Å². The third-order valence-corrected chi connectivity index (χ3v) is 11.4. The van der Waals surface area contributed by atoms with Crippen LogP contribution in [0, 0.1) is 0 Å². The molecule has 0 amide bonds. The number of fused-ring (bicyclic) bond motifs is 12. The van der Waals surface area contributed by atoms with Gasteiger partial charge in [0, 0.05) is 53.0 Å². The molecule has 11 aromatic rings. The highest BCUT2D eigenvalue weighted by atomic mass is 32.1. The number of benzene rings is 8. The first-order chi connectivity index (χ1) is 24.8. The molecule has 0 aliphatic carbocycles. The molecule has 3 nitrogen and oxygen atoms in total. The van der Waals surface area contributed by atoms with Gasteiger partial charge in [0.1, 0.15) is 5.69 Å². The number of thiophene rings is 1. The van der Waals surface area contributed by atoms with Gasteiger partial charge in [0.2, 0.25) is 0 Å². The summed E-state index contributed by atoms with van der Waals surface area (Å²) >= 11 is 1.87. The summed E-state index contributed by atoms with van der Waals surface area (Å²) in [5.74, 6) is 0.825. The number of aromatic nitrogens is 3. The third-order valence-electron chi connectivity index (χ3n) is 10.2. The highest BCUT2D eigenvalue weighted by molar-refractivity contribution is 7.26. The van der Waals surface area contributed by atoms with Gasteiger partial charge in [-0.25, -0.2) is 9.97 Å². The number of rotatable bonds is 3. The van der Waals surface area contributed by atoms with Crippen molar-refractivity contribution in [2.75, 3.05) is 0 Å². The van der Waals surface area contributed by atoms with E-state index in [-0.39, 0.29) is 0 Å². The van der Waals surface area contributed by atoms with Crippen LogP contribution in [0.15, 0.2) is 164 Å². The Morgan fingerprint density at radius 2 is 0.980 bits per heavy atom. The second kappa shape index (κ2) is 10.6. The molecule has 0 fully saturated rings. The van der Waals surface area contributed by atoms with Gasteiger partial charge in [-0.2, -0.15) is 0 Å². The summed E-state index contributed by atoms with van der Waals surface area (Å²) in [5.41, 5.74) is 8.32. The lowest BCUT2D eigenvalue weighted by Crippen LogP contribution is -2.04. The molecule has 3 aromatic heterocycles. The molecule has 0 N–H and O–H groups in total. The molecule has 4 heteroatoms. The monoisotopic (exact) mass is 653 g/mol. The Hall–Kier alpha value is -6.36. The molecule has 0 aliphatic rings. The van der Waals surface area contributed by atoms with E-state index in [1.54, 1.807) is 0 Å². The van der Waals surface area contributed by atoms with Crippen LogP contribution in [0.4, 0.5) is 0 Å². The molecule has 0 bridgehead atoms. The normalized spacial score (nSPS) is 12.0. The van der Waals surface area contributed by atoms with Crippen LogP contribution in [0.25, 0.3) is 103 Å². The van der Waals surface area contributed by atoms with Crippen molar-refractivity contribution in [1.29, 1.82) is 0 Å². The molecule has 0 atom stereocenters. The summed E-state index contributed by atoms with van der Waals surface area (Å²) in [4.78, 5) is 10.9. The largest absolute Gasteiger partial charge is 0.291 e. The predicted octanol–water partition coefficient (Wildman–Crippen LogP) is 12.7. The Labute approximate surface area is 291 Å². The number of nitrogens with zero attached hydrogens (tertiary/aromatic N) is 3. The fraction of sp³-hybridized carbons (Fsp3) is 0. The summed E-state index contributed by atoms with van der Waals surface area (Å²) in [6.07, 6.45) is 0. The third kappa shape index (κ3) is 3.85. The highest BCUT2D eigenvalue weighted by Crippen LogP contribution is 2.48. The fourth-order valence-corrected chi connectivity index (χ4v) is 9.28. The molecule has 8 aromatic carbocycles. The van der Waals surface area contributed by atoms with Crippen molar-refractivity contribution in [3.8, 4) is 28.2 Å². The quantitative estimate of drug-likeness (QED) is 0.178. The summed E-state index contributed by atoms with van der Waals surface area (Å²) in [6.45, 7) is 0. The lowest BCUT2D eigenvalue weighted by Gasteiger charge is -2.17. The molecule has 0 saturated carbocycles. The van der Waals surface area contributed by atoms with Crippen molar-refractivity contribution < 1.29 is 0 Å². The van der Waals surface area contributed by atoms with Gasteiger partial charge >= 0.3 is 0 Å². The molecule has 0 unspecified atom stereocenters. The second-order valence-corrected chi connectivity index (χ2v) is 13.9. The molecule has 0 spiro atoms. The van der Waals surface area contributed by atoms with Gasteiger partial charge < -0.3 is 0 Å². The Bertz CT molecular complexity index is 3150. The van der Waals surface area contributed by atoms with E-state index in [2.05, 4.69) is 156 Å². The average Bonchev–Trinajstić information content (AvgIpc) is 3.75. The smallest absolute Gasteiger partial charge is 0.165 e. The van der Waals surface area contributed by atoms with E-state index < -0.39 is 0 Å². The first-order valence-electron chi connectivity index (χ1n) is 16.9. The van der Waals surface area contributed by atoms with Crippen molar-refractivity contribution in [2.24, 2.45) is 0 Å². The second-order valence-electron chi connectivity index (χ2n) is 12.9. The van der Waals surface area contributed by atoms with Crippen LogP contribution in [0.3, 0.4) is 0 Å². The van der Waals surface area contributed by atoms with Gasteiger partial charge in [-0.15, -0.1) is 11.3 Å². The van der Waals surface area contributed by atoms with Crippen LogP contribution in [0.2, 0.25) is 0 Å². The minimum atomic E-state index is 0.825. The first-order valence-corrected chi connectivity index (χ1v) is 17.7. The Balaban J connectivity index is 1.41. The summed E-state index contributed by atoms with van der Waals surface area (Å²) in [5, 5.41) is 9.91. The van der Waals surface area contributed by atoms with Gasteiger partial charge in [-0.05, 0) is 34.4 Å². The van der Waals surface area contributed by atoms with Crippen molar-refractivity contribution >= 4 is 85.9 Å². The minimum Gasteiger partial charge on any atom is -0.291 e. The maximum atomic E-state index is 5.52. The maximum Gasteiger partial charge on any atom is 0.165 e. The topological polar surface area (TPSA) is 30.7 Å². The van der Waals surface area contributed by atoms with E-state index >= 15 is 0 Å². The Kier molecular flexibility index (Phi) is 5.83. The number of hydrogen-bond donors (Lipinski definition) is 0. The van der Waals surface area contributed by atoms with E-state index in [9.17, 15) is 0 Å². The molecular formula is C46H27N3S. The van der Waals surface area contributed by atoms with Crippen molar-refractivity contribution in [3.05, 3.63) is 164 Å². The zero-order valence-corrected chi connectivity index (χ0v) is 27.7. The zero-order chi connectivity index (χ0) is 32.8. The van der Waals surface area contributed by atoms with E-state index in [0.717, 1.165) is 39.1 Å². The lowest BCUT2D eigenvalue weighted by atomic mass is 9.95. The molecule has 0 aliphatic heterocycles. The van der Waals surface area contributed by atoms with Gasteiger partial charge in [0.15, 0.2) is 5.82 Å². The SMILES string of the molecule is c1ccc(-c2nc3ccccc3nc2-n2c3c(-c4cccc5c4sc4ccccc45)cccc3c3c4ccccc4c4ccccc4c32)cc1. The molecule has 11 rings (SSSR count). The van der Waals surface area contributed by atoms with Gasteiger partial charge in [0.05, 0.1) is 22.1 Å². The van der Waals surface area contributed by atoms with Crippen LogP contribution in [-0.2, 0) is 0 Å². The van der Waals surface area contributed by atoms with Gasteiger partial charge in [-0.1, -0.05) is 146 Å². The summed E-state index contributed by atoms with van der Waals surface area (Å²) < 4.78 is 5.02. The Morgan fingerprint density at radius 3 is 1.78 bits per heavy atom. The van der Waals surface area contributed by atoms with Gasteiger partial charge in [0.25, 0.3) is 0 Å². The van der Waals surface area contributed by atoms with Crippen LogP contribution < -0.4 is 0 Å². The molecule has 0 saturated heterocycles. The Morgan fingerprint density at radius 1 is 0.400 bits per heavy atom. The summed E-state index contributed by atoms with van der Waals surface area (Å²) in [7, 11) is 0. The zero-order valence-electron chi connectivity index (χ0n) is 26.8. The van der Waals surface area contributed by atoms with Crippen LogP contribution >= 0.6 is 11.3 Å². The lowest BCUT2D eigenvalue weighted by molar-refractivity contribution is 1.08. The molecule has 232 valence electrons. The van der Waals surface area contributed by atoms with E-state index in [4.69, 9.17) is 9.97 Å². The van der Waals surface area contributed by atoms with Crippen molar-refractivity contribution in [1.82, 2.24) is 14.5 Å². The van der Waals surface area contributed by atoms with Gasteiger partial charge in [-0.3, -0.25) is 4.57 Å². The van der Waals surface area contributed by atoms with Crippen molar-refractivity contribution in [2.45, 2.75) is 0 Å². The molecule has 50 heavy (non-hydrogen) atoms. The fourth-order valence-electron chi connectivity index (χ4n) is 8.05. The highest BCUT2D eigenvalue weighted by Gasteiger charge is 2.25.